The van der Waals surface area contributed by atoms with Crippen molar-refractivity contribution in [3.8, 4) is 0 Å². The predicted molar refractivity (Wildman–Crippen MR) is 87.0 cm³/mol. The van der Waals surface area contributed by atoms with E-state index >= 15 is 0 Å². The maximum absolute atomic E-state index is 8.98. The van der Waals surface area contributed by atoms with Gasteiger partial charge in [0.25, 0.3) is 0 Å². The first-order chi connectivity index (χ1) is 10.1. The van der Waals surface area contributed by atoms with Crippen molar-refractivity contribution in [3.63, 3.8) is 0 Å². The number of benzene rings is 2. The monoisotopic (exact) mass is 283 g/mol. The molecule has 2 aromatic carbocycles. The normalized spacial score (nSPS) is 13.0. The fourth-order valence-electron chi connectivity index (χ4n) is 2.22. The molecule has 0 radical (unpaired) electrons. The van der Waals surface area contributed by atoms with Crippen molar-refractivity contribution < 1.29 is 5.21 Å². The quantitative estimate of drug-likeness (QED) is 0.341. The molecule has 0 aromatic heterocycles. The van der Waals surface area contributed by atoms with E-state index < -0.39 is 0 Å². The average Bonchev–Trinajstić information content (AvgIpc) is 2.51. The summed E-state index contributed by atoms with van der Waals surface area (Å²) in [5.74, 6) is 0.0374. The molecule has 2 rings (SSSR count). The van der Waals surface area contributed by atoms with Crippen molar-refractivity contribution in [2.75, 3.05) is 11.9 Å². The summed E-state index contributed by atoms with van der Waals surface area (Å²) in [5.41, 5.74) is 10.4. The summed E-state index contributed by atoms with van der Waals surface area (Å²) in [6.45, 7) is 4.74. The number of rotatable bonds is 5. The highest BCUT2D eigenvalue weighted by Crippen LogP contribution is 2.19. The molecule has 1 unspecified atom stereocenters. The van der Waals surface area contributed by atoms with Crippen molar-refractivity contribution >= 4 is 11.5 Å². The number of anilines is 1. The average molecular weight is 283 g/mol. The molecule has 4 heteroatoms. The van der Waals surface area contributed by atoms with E-state index in [1.54, 1.807) is 0 Å². The lowest BCUT2D eigenvalue weighted by molar-refractivity contribution is 0.316. The molecule has 0 amide bonds. The van der Waals surface area contributed by atoms with E-state index in [4.69, 9.17) is 10.9 Å². The molecule has 21 heavy (non-hydrogen) atoms. The Morgan fingerprint density at radius 1 is 1.14 bits per heavy atom. The molecule has 0 saturated carbocycles. The lowest BCUT2D eigenvalue weighted by Crippen LogP contribution is -2.28. The topological polar surface area (TPSA) is 70.6 Å². The van der Waals surface area contributed by atoms with Gasteiger partial charge in [-0.25, -0.2) is 0 Å². The molecule has 4 N–H and O–H groups in total. The first-order valence-corrected chi connectivity index (χ1v) is 6.95. The van der Waals surface area contributed by atoms with Crippen molar-refractivity contribution in [2.24, 2.45) is 10.9 Å². The van der Waals surface area contributed by atoms with E-state index in [1.807, 2.05) is 36.4 Å². The number of aryl methyl sites for hydroxylation is 2. The molecule has 1 atom stereocenters. The maximum Gasteiger partial charge on any atom is 0.148 e. The van der Waals surface area contributed by atoms with Crippen LogP contribution in [0, 0.1) is 13.8 Å². The summed E-state index contributed by atoms with van der Waals surface area (Å²) in [6.07, 6.45) is 0. The molecule has 0 heterocycles. The van der Waals surface area contributed by atoms with Gasteiger partial charge < -0.3 is 16.3 Å². The van der Waals surface area contributed by atoms with Gasteiger partial charge in [-0.15, -0.1) is 0 Å². The number of hydrogen-bond acceptors (Lipinski definition) is 3. The van der Waals surface area contributed by atoms with E-state index in [-0.39, 0.29) is 11.8 Å². The SMILES string of the molecule is Cc1ccc(NCC(C(N)=NO)c2ccccc2)cc1C. The van der Waals surface area contributed by atoms with Crippen LogP contribution in [0.1, 0.15) is 22.6 Å². The van der Waals surface area contributed by atoms with Crippen LogP contribution < -0.4 is 11.1 Å². The molecule has 0 fully saturated rings. The molecule has 110 valence electrons. The number of nitrogens with zero attached hydrogens (tertiary/aromatic N) is 1. The lowest BCUT2D eigenvalue weighted by atomic mass is 9.98. The molecular formula is C17H21N3O. The lowest BCUT2D eigenvalue weighted by Gasteiger charge is -2.18. The second-order valence-corrected chi connectivity index (χ2v) is 5.17. The van der Waals surface area contributed by atoms with Crippen LogP contribution in [-0.2, 0) is 0 Å². The van der Waals surface area contributed by atoms with Gasteiger partial charge in [-0.05, 0) is 42.7 Å². The Bertz CT molecular complexity index is 623. The van der Waals surface area contributed by atoms with Crippen molar-refractivity contribution in [3.05, 3.63) is 65.2 Å². The number of amidine groups is 1. The highest BCUT2D eigenvalue weighted by atomic mass is 16.4. The van der Waals surface area contributed by atoms with Gasteiger partial charge in [-0.2, -0.15) is 0 Å². The summed E-state index contributed by atoms with van der Waals surface area (Å²) in [6, 6.07) is 16.0. The second kappa shape index (κ2) is 6.79. The Balaban J connectivity index is 2.15. The van der Waals surface area contributed by atoms with Crippen LogP contribution in [0.2, 0.25) is 0 Å². The number of nitrogens with one attached hydrogen (secondary N) is 1. The summed E-state index contributed by atoms with van der Waals surface area (Å²) in [4.78, 5) is 0. The van der Waals surface area contributed by atoms with E-state index in [9.17, 15) is 0 Å². The van der Waals surface area contributed by atoms with Crippen LogP contribution in [0.25, 0.3) is 0 Å². The Morgan fingerprint density at radius 3 is 2.48 bits per heavy atom. The molecule has 4 nitrogen and oxygen atoms in total. The minimum Gasteiger partial charge on any atom is -0.409 e. The highest BCUT2D eigenvalue weighted by molar-refractivity contribution is 5.87. The zero-order valence-electron chi connectivity index (χ0n) is 12.4. The Labute approximate surface area is 125 Å². The van der Waals surface area contributed by atoms with Crippen molar-refractivity contribution in [1.82, 2.24) is 0 Å². The van der Waals surface area contributed by atoms with Gasteiger partial charge >= 0.3 is 0 Å². The number of oxime groups is 1. The van der Waals surface area contributed by atoms with Crippen LogP contribution in [0.5, 0.6) is 0 Å². The van der Waals surface area contributed by atoms with Gasteiger partial charge in [0.1, 0.15) is 5.84 Å². The van der Waals surface area contributed by atoms with Gasteiger partial charge in [-0.1, -0.05) is 41.6 Å². The first-order valence-electron chi connectivity index (χ1n) is 6.95. The van der Waals surface area contributed by atoms with Gasteiger partial charge in [0.15, 0.2) is 0 Å². The van der Waals surface area contributed by atoms with Gasteiger partial charge in [0.05, 0.1) is 5.92 Å². The largest absolute Gasteiger partial charge is 0.409 e. The van der Waals surface area contributed by atoms with Crippen LogP contribution in [0.15, 0.2) is 53.7 Å². The standard InChI is InChI=1S/C17H21N3O/c1-12-8-9-15(10-13(12)2)19-11-16(17(18)20-21)14-6-4-3-5-7-14/h3-10,16,19,21H,11H2,1-2H3,(H2,18,20). The fourth-order valence-corrected chi connectivity index (χ4v) is 2.22. The molecule has 2 aromatic rings. The predicted octanol–water partition coefficient (Wildman–Crippen LogP) is 3.25. The molecule has 0 spiro atoms. The van der Waals surface area contributed by atoms with Crippen molar-refractivity contribution in [1.29, 1.82) is 0 Å². The van der Waals surface area contributed by atoms with E-state index in [2.05, 4.69) is 36.5 Å². The summed E-state index contributed by atoms with van der Waals surface area (Å²) in [5, 5.41) is 15.5. The zero-order valence-corrected chi connectivity index (χ0v) is 12.4. The number of nitrogens with two attached hydrogens (primary N) is 1. The minimum atomic E-state index is -0.169. The van der Waals surface area contributed by atoms with Crippen molar-refractivity contribution in [2.45, 2.75) is 19.8 Å². The number of hydrogen-bond donors (Lipinski definition) is 3. The molecule has 0 aliphatic rings. The summed E-state index contributed by atoms with van der Waals surface area (Å²) < 4.78 is 0. The molecule has 0 bridgehead atoms. The fraction of sp³-hybridized carbons (Fsp3) is 0.235. The van der Waals surface area contributed by atoms with Crippen LogP contribution in [0.4, 0.5) is 5.69 Å². The first kappa shape index (κ1) is 14.9. The zero-order chi connectivity index (χ0) is 15.2. The Kier molecular flexibility index (Phi) is 4.82. The highest BCUT2D eigenvalue weighted by Gasteiger charge is 2.16. The molecule has 0 saturated heterocycles. The van der Waals surface area contributed by atoms with E-state index in [0.717, 1.165) is 11.3 Å². The summed E-state index contributed by atoms with van der Waals surface area (Å²) in [7, 11) is 0. The van der Waals surface area contributed by atoms with Crippen LogP contribution in [-0.4, -0.2) is 17.6 Å². The van der Waals surface area contributed by atoms with Crippen LogP contribution >= 0.6 is 0 Å². The Hall–Kier alpha value is -2.49. The molecule has 0 aliphatic heterocycles. The third-order valence-electron chi connectivity index (χ3n) is 3.69. The van der Waals surface area contributed by atoms with Gasteiger partial charge in [0, 0.05) is 12.2 Å². The third kappa shape index (κ3) is 3.75. The summed E-state index contributed by atoms with van der Waals surface area (Å²) >= 11 is 0. The molecular weight excluding hydrogens is 262 g/mol. The second-order valence-electron chi connectivity index (χ2n) is 5.17. The molecule has 0 aliphatic carbocycles. The van der Waals surface area contributed by atoms with E-state index in [0.29, 0.717) is 6.54 Å². The Morgan fingerprint density at radius 2 is 1.86 bits per heavy atom. The third-order valence-corrected chi connectivity index (χ3v) is 3.69. The maximum atomic E-state index is 8.98. The van der Waals surface area contributed by atoms with Gasteiger partial charge in [-0.3, -0.25) is 0 Å². The smallest absolute Gasteiger partial charge is 0.148 e. The van der Waals surface area contributed by atoms with Crippen LogP contribution in [0.3, 0.4) is 0 Å². The van der Waals surface area contributed by atoms with E-state index in [1.165, 1.54) is 11.1 Å². The van der Waals surface area contributed by atoms with Gasteiger partial charge in [0.2, 0.25) is 0 Å². The minimum absolute atomic E-state index is 0.169.